The molecule has 20 heavy (non-hydrogen) atoms. The van der Waals surface area contributed by atoms with E-state index in [1.165, 1.54) is 25.8 Å². The number of sulfonamides is 1. The first-order valence-corrected chi connectivity index (χ1v) is 7.07. The summed E-state index contributed by atoms with van der Waals surface area (Å²) in [7, 11) is 0.627. The van der Waals surface area contributed by atoms with Crippen LogP contribution in [0.25, 0.3) is 11.4 Å². The van der Waals surface area contributed by atoms with Crippen LogP contribution < -0.4 is 14.6 Å². The molecule has 9 heteroatoms. The minimum atomic E-state index is -3.93. The SMILES string of the molecule is COc1cc(OC)cc(-c2nnc(S(N)(=O)=O)n2C)c1. The van der Waals surface area contributed by atoms with Gasteiger partial charge in [-0.15, -0.1) is 10.2 Å². The van der Waals surface area contributed by atoms with E-state index in [9.17, 15) is 8.42 Å². The fraction of sp³-hybridized carbons (Fsp3) is 0.273. The molecule has 0 aliphatic heterocycles. The summed E-state index contributed by atoms with van der Waals surface area (Å²) in [6, 6.07) is 5.08. The Morgan fingerprint density at radius 2 is 1.65 bits per heavy atom. The lowest BCUT2D eigenvalue weighted by molar-refractivity contribution is 0.394. The quantitative estimate of drug-likeness (QED) is 0.860. The molecule has 2 N–H and O–H groups in total. The zero-order valence-electron chi connectivity index (χ0n) is 11.2. The molecule has 2 aromatic rings. The third-order valence-electron chi connectivity index (χ3n) is 2.70. The van der Waals surface area contributed by atoms with Gasteiger partial charge in [0, 0.05) is 18.7 Å². The number of ether oxygens (including phenoxy) is 2. The summed E-state index contributed by atoms with van der Waals surface area (Å²) in [6.45, 7) is 0. The van der Waals surface area contributed by atoms with E-state index in [4.69, 9.17) is 14.6 Å². The number of nitrogens with zero attached hydrogens (tertiary/aromatic N) is 3. The molecule has 0 aliphatic rings. The molecule has 0 radical (unpaired) electrons. The number of primary sulfonamides is 1. The van der Waals surface area contributed by atoms with Crippen molar-refractivity contribution in [3.8, 4) is 22.9 Å². The van der Waals surface area contributed by atoms with E-state index in [0.717, 1.165) is 0 Å². The van der Waals surface area contributed by atoms with E-state index in [-0.39, 0.29) is 5.16 Å². The first-order chi connectivity index (χ1) is 9.36. The number of hydrogen-bond donors (Lipinski definition) is 1. The maximum atomic E-state index is 11.3. The van der Waals surface area contributed by atoms with Crippen LogP contribution in [-0.4, -0.2) is 37.4 Å². The number of methoxy groups -OCH3 is 2. The molecule has 8 nitrogen and oxygen atoms in total. The highest BCUT2D eigenvalue weighted by Crippen LogP contribution is 2.29. The highest BCUT2D eigenvalue weighted by atomic mass is 32.2. The summed E-state index contributed by atoms with van der Waals surface area (Å²) in [4.78, 5) is 0. The molecular formula is C11H14N4O4S. The second-order valence-electron chi connectivity index (χ2n) is 4.01. The molecule has 1 aromatic heterocycles. The summed E-state index contributed by atoms with van der Waals surface area (Å²) in [5.41, 5.74) is 0.603. The Morgan fingerprint density at radius 3 is 2.05 bits per heavy atom. The fourth-order valence-electron chi connectivity index (χ4n) is 1.75. The van der Waals surface area contributed by atoms with Gasteiger partial charge in [0.05, 0.1) is 14.2 Å². The molecule has 1 aromatic carbocycles. The van der Waals surface area contributed by atoms with E-state index in [1.807, 2.05) is 0 Å². The van der Waals surface area contributed by atoms with Crippen molar-refractivity contribution in [3.63, 3.8) is 0 Å². The molecule has 0 aliphatic carbocycles. The standard InChI is InChI=1S/C11H14N4O4S/c1-15-10(13-14-11(15)20(12,16)17)7-4-8(18-2)6-9(5-7)19-3/h4-6H,1-3H3,(H2,12,16,17). The van der Waals surface area contributed by atoms with Crippen LogP contribution in [0.1, 0.15) is 0 Å². The third-order valence-corrected chi connectivity index (χ3v) is 3.56. The monoisotopic (exact) mass is 298 g/mol. The van der Waals surface area contributed by atoms with E-state index < -0.39 is 10.0 Å². The smallest absolute Gasteiger partial charge is 0.273 e. The molecule has 1 heterocycles. The van der Waals surface area contributed by atoms with Gasteiger partial charge in [-0.3, -0.25) is 4.57 Å². The van der Waals surface area contributed by atoms with E-state index >= 15 is 0 Å². The lowest BCUT2D eigenvalue weighted by Gasteiger charge is -2.08. The highest BCUT2D eigenvalue weighted by Gasteiger charge is 2.20. The lowest BCUT2D eigenvalue weighted by Crippen LogP contribution is -2.17. The normalized spacial score (nSPS) is 11.4. The van der Waals surface area contributed by atoms with E-state index in [1.54, 1.807) is 18.2 Å². The predicted octanol–water partition coefficient (Wildman–Crippen LogP) is 0.147. The molecule has 2 rings (SSSR count). The minimum absolute atomic E-state index is 0.311. The molecule has 0 spiro atoms. The van der Waals surface area contributed by atoms with Gasteiger partial charge in [0.2, 0.25) is 0 Å². The Morgan fingerprint density at radius 1 is 1.10 bits per heavy atom. The van der Waals surface area contributed by atoms with Crippen LogP contribution >= 0.6 is 0 Å². The first-order valence-electron chi connectivity index (χ1n) is 5.52. The predicted molar refractivity (Wildman–Crippen MR) is 70.9 cm³/mol. The molecular weight excluding hydrogens is 284 g/mol. The van der Waals surface area contributed by atoms with Gasteiger partial charge in [-0.25, -0.2) is 13.6 Å². The van der Waals surface area contributed by atoms with Crippen molar-refractivity contribution in [2.24, 2.45) is 12.2 Å². The summed E-state index contributed by atoms with van der Waals surface area (Å²) < 4.78 is 34.3. The van der Waals surface area contributed by atoms with Gasteiger partial charge in [-0.1, -0.05) is 0 Å². The average Bonchev–Trinajstić information content (AvgIpc) is 2.79. The Balaban J connectivity index is 2.60. The fourth-order valence-corrected chi connectivity index (χ4v) is 2.37. The molecule has 0 unspecified atom stereocenters. The zero-order valence-corrected chi connectivity index (χ0v) is 12.0. The topological polar surface area (TPSA) is 109 Å². The second kappa shape index (κ2) is 5.10. The van der Waals surface area contributed by atoms with E-state index in [0.29, 0.717) is 22.9 Å². The second-order valence-corrected chi connectivity index (χ2v) is 5.47. The van der Waals surface area contributed by atoms with Crippen molar-refractivity contribution in [1.29, 1.82) is 0 Å². The number of rotatable bonds is 4. The minimum Gasteiger partial charge on any atom is -0.497 e. The molecule has 0 amide bonds. The number of nitrogens with two attached hydrogens (primary N) is 1. The maximum Gasteiger partial charge on any atom is 0.273 e. The van der Waals surface area contributed by atoms with Crippen LogP contribution in [-0.2, 0) is 17.1 Å². The summed E-state index contributed by atoms with van der Waals surface area (Å²) in [5.74, 6) is 1.45. The van der Waals surface area contributed by atoms with Crippen molar-refractivity contribution in [2.75, 3.05) is 14.2 Å². The molecule has 0 bridgehead atoms. The molecule has 108 valence electrons. The van der Waals surface area contributed by atoms with Crippen LogP contribution in [0.3, 0.4) is 0 Å². The van der Waals surface area contributed by atoms with Crippen molar-refractivity contribution < 1.29 is 17.9 Å². The summed E-state index contributed by atoms with van der Waals surface area (Å²) >= 11 is 0. The summed E-state index contributed by atoms with van der Waals surface area (Å²) in [6.07, 6.45) is 0. The average molecular weight is 298 g/mol. The van der Waals surface area contributed by atoms with Crippen molar-refractivity contribution >= 4 is 10.0 Å². The van der Waals surface area contributed by atoms with Crippen molar-refractivity contribution in [3.05, 3.63) is 18.2 Å². The Bertz CT molecular complexity index is 717. The Labute approximate surface area is 116 Å². The van der Waals surface area contributed by atoms with Gasteiger partial charge >= 0.3 is 0 Å². The van der Waals surface area contributed by atoms with Crippen LogP contribution in [0.5, 0.6) is 11.5 Å². The third kappa shape index (κ3) is 2.58. The number of benzene rings is 1. The van der Waals surface area contributed by atoms with E-state index in [2.05, 4.69) is 10.2 Å². The van der Waals surface area contributed by atoms with Gasteiger partial charge in [0.15, 0.2) is 5.82 Å². The Kier molecular flexibility index (Phi) is 3.64. The van der Waals surface area contributed by atoms with Crippen molar-refractivity contribution in [1.82, 2.24) is 14.8 Å². The molecule has 0 atom stereocenters. The summed E-state index contributed by atoms with van der Waals surface area (Å²) in [5, 5.41) is 12.2. The zero-order chi connectivity index (χ0) is 14.9. The van der Waals surface area contributed by atoms with Gasteiger partial charge in [-0.2, -0.15) is 0 Å². The molecule has 0 saturated heterocycles. The Hall–Kier alpha value is -2.13. The first kappa shape index (κ1) is 14.3. The van der Waals surface area contributed by atoms with Gasteiger partial charge in [0.25, 0.3) is 15.2 Å². The van der Waals surface area contributed by atoms with Crippen LogP contribution in [0, 0.1) is 0 Å². The molecule has 0 fully saturated rings. The van der Waals surface area contributed by atoms with Crippen LogP contribution in [0.4, 0.5) is 0 Å². The van der Waals surface area contributed by atoms with Crippen molar-refractivity contribution in [2.45, 2.75) is 5.16 Å². The number of aromatic nitrogens is 3. The van der Waals surface area contributed by atoms with Gasteiger partial charge in [0.1, 0.15) is 11.5 Å². The van der Waals surface area contributed by atoms with Crippen LogP contribution in [0.2, 0.25) is 0 Å². The number of hydrogen-bond acceptors (Lipinski definition) is 6. The van der Waals surface area contributed by atoms with Crippen LogP contribution in [0.15, 0.2) is 23.4 Å². The highest BCUT2D eigenvalue weighted by molar-refractivity contribution is 7.89. The largest absolute Gasteiger partial charge is 0.497 e. The van der Waals surface area contributed by atoms with Gasteiger partial charge < -0.3 is 9.47 Å². The lowest BCUT2D eigenvalue weighted by atomic mass is 10.2. The molecule has 0 saturated carbocycles. The van der Waals surface area contributed by atoms with Gasteiger partial charge in [-0.05, 0) is 12.1 Å². The maximum absolute atomic E-state index is 11.3.